The van der Waals surface area contributed by atoms with Crippen molar-refractivity contribution in [3.05, 3.63) is 127 Å². The Morgan fingerprint density at radius 1 is 0.305 bits per heavy atom. The normalized spacial score (nSPS) is 22.8. The molecule has 50 heteroatoms. The standard InChI is InChI=1S/C81H52O50/c82-20-1-12(2-21(83)44(20)91)71(111)123-29-10-121-72(112)13-3-22(84)45(92)52(99)31(13)33-15(5-24(86)47(94)54(33)101)75(115)125-63(29)68-66-42-37-19(9-28(90)51(98)65(37)131-81(42)43(80(120)127-66)40(61(108)70(81)110)36-18(78(118)129-68)8-27(89)50(97)57(36)104)74(114)124-30-11-122-73(113)14-4-23(85)46(93)53(100)32(14)34-16(6-25(87)48(95)55(34)102)76(116)126-64(30)69-67-60(107)41-39(79(119)128-67)38(58(105)62(109)59(41)106)35-17(77(117)130-69)7-26(88)49(96)56(35)103/h1-9,29-30,42-43,60,63-64,66-69,82-109H,10-11H2/t29-,30-,42-,43-,60-,63-,64-,66+,67+,68+,69+,81?/m1/s1. The van der Waals surface area contributed by atoms with Gasteiger partial charge in [-0.1, -0.05) is 0 Å². The summed E-state index contributed by atoms with van der Waals surface area (Å²) in [6.07, 6.45) is -29.3. The van der Waals surface area contributed by atoms with Gasteiger partial charge in [-0.05, 0) is 54.6 Å². The number of hydrogen-bond donors (Lipinski definition) is 28. The molecule has 676 valence electrons. The second-order valence-electron chi connectivity index (χ2n) is 29.9. The summed E-state index contributed by atoms with van der Waals surface area (Å²) in [5.41, 5.74) is -30.8. The predicted octanol–water partition coefficient (Wildman–Crippen LogP) is 2.24. The summed E-state index contributed by atoms with van der Waals surface area (Å²) in [4.78, 5) is 171. The second kappa shape index (κ2) is 29.0. The molecule has 9 aliphatic rings. The van der Waals surface area contributed by atoms with E-state index in [1.165, 1.54) is 0 Å². The minimum Gasteiger partial charge on any atom is -0.504 e. The molecule has 1 saturated heterocycles. The molecule has 131 heavy (non-hydrogen) atoms. The van der Waals surface area contributed by atoms with Gasteiger partial charge in [-0.25, -0.2) is 43.2 Å². The average Bonchev–Trinajstić information content (AvgIpc) is 1.50. The minimum absolute atomic E-state index is 0.0682. The molecule has 8 bridgehead atoms. The first kappa shape index (κ1) is 84.7. The molecule has 9 aromatic rings. The van der Waals surface area contributed by atoms with Gasteiger partial charge in [0.2, 0.25) is 57.4 Å². The zero-order valence-corrected chi connectivity index (χ0v) is 64.0. The number of phenolic OH excluding ortho intramolecular Hbond substituents is 26. The number of esters is 10. The third kappa shape index (κ3) is 11.9. The molecule has 1 spiro atoms. The van der Waals surface area contributed by atoms with Crippen LogP contribution in [0.2, 0.25) is 0 Å². The van der Waals surface area contributed by atoms with Crippen molar-refractivity contribution in [2.75, 3.05) is 13.2 Å². The molecule has 0 aromatic heterocycles. The van der Waals surface area contributed by atoms with Gasteiger partial charge in [-0.15, -0.1) is 0 Å². The van der Waals surface area contributed by atoms with Crippen molar-refractivity contribution in [1.82, 2.24) is 0 Å². The molecular weight excluding hydrogens is 1770 g/mol. The maximum absolute atomic E-state index is 16.6. The van der Waals surface area contributed by atoms with Gasteiger partial charge in [0.05, 0.1) is 56.0 Å². The van der Waals surface area contributed by atoms with Crippen LogP contribution >= 0.6 is 0 Å². The summed E-state index contributed by atoms with van der Waals surface area (Å²) in [6.45, 7) is -3.93. The first-order valence-corrected chi connectivity index (χ1v) is 36.9. The number of carbonyl (C=O) groups excluding carboxylic acids is 11. The highest BCUT2D eigenvalue weighted by Crippen LogP contribution is 2.68. The number of aromatic hydroxyl groups is 26. The smallest absolute Gasteiger partial charge is 0.339 e. The van der Waals surface area contributed by atoms with Gasteiger partial charge < -0.3 is 195 Å². The zero-order valence-electron chi connectivity index (χ0n) is 64.0. The SMILES string of the molecule is O=C(O[C@@H]1COC(=O)c2cc(O)c(O)c(O)c2-c2c(cc(O)c(O)c2O)C(=O)O[C@H]1[C@@H]1OC(=O)c2cc(O)c(O)c(O)c2C2=C(O)C(=O)C34Oc5c(O)c(O)cc(C(=O)O[C@@H]6COC(=O)c7cc(O)c(O)c(O)c7-c7c(cc(O)c(O)c7O)C(=O)O[C@H]6[C@@H]6OC(=O)c7cc(O)c(O)c(O)c7-c7c(O)c(O)c(O)c8c7C(=O)O[C@H]6[C@@H]8O)c5[C@@H]3[C@@H]1OC(=O)[C@@H]24)c1cc(O)c(O)c(O)c1. The Morgan fingerprint density at radius 2 is 0.641 bits per heavy atom. The van der Waals surface area contributed by atoms with Crippen LogP contribution in [-0.4, -0.2) is 276 Å². The van der Waals surface area contributed by atoms with E-state index in [0.717, 1.165) is 0 Å². The molecule has 8 aliphatic heterocycles. The van der Waals surface area contributed by atoms with E-state index in [-0.39, 0.29) is 42.5 Å². The number of benzene rings is 9. The number of phenols is 26. The van der Waals surface area contributed by atoms with Crippen molar-refractivity contribution in [2.45, 2.75) is 66.5 Å². The summed E-state index contributed by atoms with van der Waals surface area (Å²) >= 11 is 0. The lowest BCUT2D eigenvalue weighted by molar-refractivity contribution is -0.200. The highest BCUT2D eigenvalue weighted by Gasteiger charge is 2.77. The third-order valence-corrected chi connectivity index (χ3v) is 22.9. The van der Waals surface area contributed by atoms with Crippen LogP contribution in [0.3, 0.4) is 0 Å². The summed E-state index contributed by atoms with van der Waals surface area (Å²) in [7, 11) is 0. The van der Waals surface area contributed by atoms with E-state index < -0.39 is 418 Å². The number of rotatable bonds is 6. The summed E-state index contributed by atoms with van der Waals surface area (Å²) in [6, 6.07) is 1.86. The second-order valence-corrected chi connectivity index (χ2v) is 29.9. The molecule has 50 nitrogen and oxygen atoms in total. The molecule has 12 atom stereocenters. The fourth-order valence-electron chi connectivity index (χ4n) is 17.0. The van der Waals surface area contributed by atoms with E-state index in [9.17, 15) is 157 Å². The van der Waals surface area contributed by atoms with Crippen LogP contribution in [0.1, 0.15) is 122 Å². The summed E-state index contributed by atoms with van der Waals surface area (Å²) in [5, 5.41) is 319. The van der Waals surface area contributed by atoms with Crippen LogP contribution in [0.4, 0.5) is 0 Å². The fraction of sp³-hybridized carbons (Fsp3) is 0.173. The molecule has 18 rings (SSSR count). The number of carbonyl (C=O) groups is 11. The Kier molecular flexibility index (Phi) is 18.8. The van der Waals surface area contributed by atoms with Crippen LogP contribution in [0.25, 0.3) is 39.0 Å². The maximum Gasteiger partial charge on any atom is 0.339 e. The fourth-order valence-corrected chi connectivity index (χ4v) is 17.0. The third-order valence-electron chi connectivity index (χ3n) is 22.9. The van der Waals surface area contributed by atoms with Crippen molar-refractivity contribution < 1.29 is 248 Å². The predicted molar refractivity (Wildman–Crippen MR) is 402 cm³/mol. The van der Waals surface area contributed by atoms with Gasteiger partial charge in [0.1, 0.15) is 25.2 Å². The van der Waals surface area contributed by atoms with Gasteiger partial charge in [-0.3, -0.25) is 9.59 Å². The Morgan fingerprint density at radius 3 is 1.06 bits per heavy atom. The van der Waals surface area contributed by atoms with Crippen molar-refractivity contribution in [1.29, 1.82) is 0 Å². The van der Waals surface area contributed by atoms with E-state index in [2.05, 4.69) is 0 Å². The highest BCUT2D eigenvalue weighted by atomic mass is 16.7. The molecule has 8 heterocycles. The van der Waals surface area contributed by atoms with E-state index >= 15 is 38.4 Å². The molecule has 0 saturated carbocycles. The largest absolute Gasteiger partial charge is 0.504 e. The van der Waals surface area contributed by atoms with E-state index in [1.807, 2.05) is 0 Å². The molecule has 0 amide bonds. The summed E-state index contributed by atoms with van der Waals surface area (Å²) in [5.74, 6) is -75.9. The molecule has 28 N–H and O–H groups in total. The molecule has 9 aromatic carbocycles. The van der Waals surface area contributed by atoms with Crippen molar-refractivity contribution in [2.24, 2.45) is 5.92 Å². The Balaban J connectivity index is 0.916. The Labute approximate surface area is 717 Å². The number of cyclic esters (lactones) is 5. The molecule has 1 fully saturated rings. The maximum atomic E-state index is 16.6. The van der Waals surface area contributed by atoms with Gasteiger partial charge >= 0.3 is 59.7 Å². The molecule has 1 unspecified atom stereocenters. The summed E-state index contributed by atoms with van der Waals surface area (Å²) < 4.78 is 64.8. The van der Waals surface area contributed by atoms with Gasteiger partial charge in [0, 0.05) is 55.6 Å². The van der Waals surface area contributed by atoms with E-state index in [0.29, 0.717) is 12.1 Å². The van der Waals surface area contributed by atoms with Crippen LogP contribution in [0.15, 0.2) is 60.4 Å². The van der Waals surface area contributed by atoms with E-state index in [4.69, 9.17) is 52.1 Å². The average molecular weight is 1830 g/mol. The number of ether oxygens (including phenoxy) is 11. The minimum atomic E-state index is -3.85. The quantitative estimate of drug-likeness (QED) is 0.0645. The Bertz CT molecular complexity index is 6890. The molecular formula is C81H52O50. The van der Waals surface area contributed by atoms with Gasteiger partial charge in [0.25, 0.3) is 0 Å². The number of Topliss-reactive ketones (excluding diaryl/α,β-unsaturated/α-hetero) is 1. The van der Waals surface area contributed by atoms with Crippen LogP contribution in [-0.2, 0) is 57.0 Å². The van der Waals surface area contributed by atoms with Gasteiger partial charge in [0.15, 0.2) is 164 Å². The van der Waals surface area contributed by atoms with Crippen molar-refractivity contribution in [3.63, 3.8) is 0 Å². The van der Waals surface area contributed by atoms with Crippen molar-refractivity contribution in [3.8, 4) is 189 Å². The lowest BCUT2D eigenvalue weighted by atomic mass is 9.66. The van der Waals surface area contributed by atoms with Gasteiger partial charge in [-0.2, -0.15) is 0 Å². The molecule has 1 aliphatic carbocycles. The zero-order chi connectivity index (χ0) is 94.9. The van der Waals surface area contributed by atoms with Crippen LogP contribution < -0.4 is 4.74 Å². The monoisotopic (exact) mass is 1820 g/mol. The lowest BCUT2D eigenvalue weighted by Gasteiger charge is -2.47. The number of hydrogen-bond acceptors (Lipinski definition) is 50. The van der Waals surface area contributed by atoms with Crippen LogP contribution in [0, 0.1) is 5.92 Å². The first-order chi connectivity index (χ1) is 61.7. The number of fused-ring (bicyclic) bond motifs is 12. The first-order valence-electron chi connectivity index (χ1n) is 36.9. The molecule has 0 radical (unpaired) electrons. The van der Waals surface area contributed by atoms with E-state index in [1.54, 1.807) is 0 Å². The van der Waals surface area contributed by atoms with Crippen LogP contribution in [0.5, 0.6) is 155 Å². The number of ketones is 1. The van der Waals surface area contributed by atoms with Crippen molar-refractivity contribution >= 4 is 71.0 Å². The number of aliphatic hydroxyl groups excluding tert-OH is 2. The lowest BCUT2D eigenvalue weighted by Crippen LogP contribution is -2.65. The highest BCUT2D eigenvalue weighted by molar-refractivity contribution is 6.22. The number of aliphatic hydroxyl groups is 2. The Hall–Kier alpha value is -18.5. The topological polar surface area (TPSA) is 856 Å².